The first-order valence-corrected chi connectivity index (χ1v) is 8.03. The molecule has 1 saturated carbocycles. The highest BCUT2D eigenvalue weighted by molar-refractivity contribution is 6.06. The highest BCUT2D eigenvalue weighted by Crippen LogP contribution is 2.29. The van der Waals surface area contributed by atoms with Crippen molar-refractivity contribution in [1.29, 1.82) is 0 Å². The molecule has 22 heavy (non-hydrogen) atoms. The molecule has 0 saturated heterocycles. The lowest BCUT2D eigenvalue weighted by atomic mass is 9.83. The van der Waals surface area contributed by atoms with Crippen molar-refractivity contribution in [2.24, 2.45) is 11.0 Å². The third-order valence-electron chi connectivity index (χ3n) is 3.96. The van der Waals surface area contributed by atoms with E-state index in [4.69, 9.17) is 10.5 Å². The summed E-state index contributed by atoms with van der Waals surface area (Å²) in [6.07, 6.45) is 5.95. The van der Waals surface area contributed by atoms with Gasteiger partial charge in [0.15, 0.2) is 0 Å². The van der Waals surface area contributed by atoms with Gasteiger partial charge in [0.05, 0.1) is 12.3 Å². The predicted molar refractivity (Wildman–Crippen MR) is 88.6 cm³/mol. The van der Waals surface area contributed by atoms with Gasteiger partial charge in [-0.2, -0.15) is 5.10 Å². The monoisotopic (exact) mass is 303 g/mol. The maximum Gasteiger partial charge on any atom is 0.327 e. The number of para-hydroxylation sites is 1. The van der Waals surface area contributed by atoms with E-state index < -0.39 is 0 Å². The van der Waals surface area contributed by atoms with Gasteiger partial charge in [0, 0.05) is 17.2 Å². The lowest BCUT2D eigenvalue weighted by Crippen LogP contribution is -2.26. The molecule has 0 bridgehead atoms. The van der Waals surface area contributed by atoms with E-state index in [1.807, 2.05) is 24.3 Å². The minimum Gasteiger partial charge on any atom is -0.465 e. The zero-order valence-electron chi connectivity index (χ0n) is 13.2. The van der Waals surface area contributed by atoms with Crippen molar-refractivity contribution in [1.82, 2.24) is 5.43 Å². The Bertz CT molecular complexity index is 522. The lowest BCUT2D eigenvalue weighted by molar-refractivity contribution is -0.141. The number of benzene rings is 1. The van der Waals surface area contributed by atoms with Gasteiger partial charge in [0.25, 0.3) is 0 Å². The van der Waals surface area contributed by atoms with Crippen LogP contribution in [0.4, 0.5) is 5.69 Å². The molecule has 1 aromatic carbocycles. The summed E-state index contributed by atoms with van der Waals surface area (Å²) in [6.45, 7) is 2.25. The molecule has 1 aliphatic carbocycles. The van der Waals surface area contributed by atoms with Crippen molar-refractivity contribution >= 4 is 17.4 Å². The van der Waals surface area contributed by atoms with Crippen molar-refractivity contribution < 1.29 is 9.53 Å². The number of nitrogens with two attached hydrogens (primary N) is 1. The summed E-state index contributed by atoms with van der Waals surface area (Å²) in [5, 5.41) is 4.49. The molecule has 120 valence electrons. The van der Waals surface area contributed by atoms with E-state index in [-0.39, 0.29) is 12.5 Å². The fourth-order valence-corrected chi connectivity index (χ4v) is 2.88. The summed E-state index contributed by atoms with van der Waals surface area (Å²) in [6, 6.07) is 7.77. The van der Waals surface area contributed by atoms with Gasteiger partial charge in [-0.1, -0.05) is 37.5 Å². The predicted octanol–water partition coefficient (Wildman–Crippen LogP) is 2.71. The highest BCUT2D eigenvalue weighted by Gasteiger charge is 2.22. The van der Waals surface area contributed by atoms with Crippen LogP contribution in [-0.2, 0) is 9.53 Å². The first-order chi connectivity index (χ1) is 10.7. The molecule has 0 aliphatic heterocycles. The number of nitrogens with zero attached hydrogens (tertiary/aromatic N) is 1. The maximum absolute atomic E-state index is 11.4. The van der Waals surface area contributed by atoms with Crippen LogP contribution in [0.5, 0.6) is 0 Å². The molecule has 0 aromatic heterocycles. The molecule has 1 aromatic rings. The van der Waals surface area contributed by atoms with Gasteiger partial charge >= 0.3 is 5.97 Å². The third kappa shape index (κ3) is 4.48. The summed E-state index contributed by atoms with van der Waals surface area (Å²) in [5.74, 6) is 0.100. The Morgan fingerprint density at radius 2 is 2.05 bits per heavy atom. The number of hydrogen-bond donors (Lipinski definition) is 2. The number of carbonyl (C=O) groups is 1. The van der Waals surface area contributed by atoms with E-state index in [1.165, 1.54) is 19.3 Å². The Kier molecular flexibility index (Phi) is 6.25. The average Bonchev–Trinajstić information content (AvgIpc) is 2.54. The number of nitrogen functional groups attached to an aromatic ring is 1. The van der Waals surface area contributed by atoms with Crippen LogP contribution >= 0.6 is 0 Å². The van der Waals surface area contributed by atoms with Gasteiger partial charge in [-0.3, -0.25) is 10.2 Å². The largest absolute Gasteiger partial charge is 0.465 e. The summed E-state index contributed by atoms with van der Waals surface area (Å²) in [5.41, 5.74) is 11.6. The molecule has 2 rings (SSSR count). The molecular weight excluding hydrogens is 278 g/mol. The molecule has 3 N–H and O–H groups in total. The van der Waals surface area contributed by atoms with Crippen LogP contribution in [0, 0.1) is 5.92 Å². The minimum absolute atomic E-state index is 0.0802. The van der Waals surface area contributed by atoms with Crippen molar-refractivity contribution in [2.45, 2.75) is 39.0 Å². The van der Waals surface area contributed by atoms with Crippen LogP contribution in [0.25, 0.3) is 0 Å². The van der Waals surface area contributed by atoms with Gasteiger partial charge < -0.3 is 10.5 Å². The SMILES string of the molecule is CCOC(=O)CN/N=C(\c1ccccc1N)C1CCCCC1. The van der Waals surface area contributed by atoms with Gasteiger partial charge in [0.2, 0.25) is 0 Å². The van der Waals surface area contributed by atoms with Crippen LogP contribution in [-0.4, -0.2) is 24.8 Å². The fourth-order valence-electron chi connectivity index (χ4n) is 2.88. The fraction of sp³-hybridized carbons (Fsp3) is 0.529. The summed E-state index contributed by atoms with van der Waals surface area (Å²) in [7, 11) is 0. The van der Waals surface area contributed by atoms with Crippen molar-refractivity contribution in [3.8, 4) is 0 Å². The van der Waals surface area contributed by atoms with Crippen molar-refractivity contribution in [3.05, 3.63) is 29.8 Å². The second-order valence-corrected chi connectivity index (χ2v) is 5.56. The lowest BCUT2D eigenvalue weighted by Gasteiger charge is -2.24. The number of esters is 1. The number of rotatable bonds is 6. The maximum atomic E-state index is 11.4. The molecule has 0 atom stereocenters. The van der Waals surface area contributed by atoms with Gasteiger partial charge in [-0.25, -0.2) is 0 Å². The number of nitrogens with one attached hydrogen (secondary N) is 1. The highest BCUT2D eigenvalue weighted by atomic mass is 16.5. The first kappa shape index (κ1) is 16.3. The van der Waals surface area contributed by atoms with Gasteiger partial charge in [-0.15, -0.1) is 0 Å². The zero-order chi connectivity index (χ0) is 15.8. The summed E-state index contributed by atoms with van der Waals surface area (Å²) >= 11 is 0. The van der Waals surface area contributed by atoms with E-state index >= 15 is 0 Å². The Labute approximate surface area is 131 Å². The smallest absolute Gasteiger partial charge is 0.327 e. The third-order valence-corrected chi connectivity index (χ3v) is 3.96. The van der Waals surface area contributed by atoms with Crippen LogP contribution in [0.15, 0.2) is 29.4 Å². The summed E-state index contributed by atoms with van der Waals surface area (Å²) in [4.78, 5) is 11.4. The molecule has 0 heterocycles. The normalized spacial score (nSPS) is 16.3. The first-order valence-electron chi connectivity index (χ1n) is 8.03. The number of anilines is 1. The number of hydrazone groups is 1. The molecule has 1 aliphatic rings. The minimum atomic E-state index is -0.296. The quantitative estimate of drug-likeness (QED) is 0.367. The van der Waals surface area contributed by atoms with E-state index in [1.54, 1.807) is 6.92 Å². The Morgan fingerprint density at radius 3 is 2.73 bits per heavy atom. The Balaban J connectivity index is 2.14. The molecule has 0 radical (unpaired) electrons. The number of hydrogen-bond acceptors (Lipinski definition) is 5. The molecule has 5 heteroatoms. The van der Waals surface area contributed by atoms with E-state index in [0.29, 0.717) is 12.5 Å². The average molecular weight is 303 g/mol. The molecule has 1 fully saturated rings. The van der Waals surface area contributed by atoms with Crippen molar-refractivity contribution in [2.75, 3.05) is 18.9 Å². The number of carbonyl (C=O) groups excluding carboxylic acids is 1. The second-order valence-electron chi connectivity index (χ2n) is 5.56. The van der Waals surface area contributed by atoms with E-state index in [9.17, 15) is 4.79 Å². The van der Waals surface area contributed by atoms with E-state index in [0.717, 1.165) is 29.8 Å². The molecule has 5 nitrogen and oxygen atoms in total. The number of ether oxygens (including phenoxy) is 1. The molecular formula is C17H25N3O2. The van der Waals surface area contributed by atoms with Gasteiger partial charge in [0.1, 0.15) is 6.54 Å². The van der Waals surface area contributed by atoms with Gasteiger partial charge in [-0.05, 0) is 25.8 Å². The van der Waals surface area contributed by atoms with Crippen molar-refractivity contribution in [3.63, 3.8) is 0 Å². The topological polar surface area (TPSA) is 76.7 Å². The van der Waals surface area contributed by atoms with Crippen LogP contribution in [0.1, 0.15) is 44.6 Å². The second kappa shape index (κ2) is 8.41. The standard InChI is InChI=1S/C17H25N3O2/c1-2-22-16(21)12-19-20-17(13-8-4-3-5-9-13)14-10-6-7-11-15(14)18/h6-7,10-11,13,19H,2-5,8-9,12,18H2,1H3/b20-17-. The Morgan fingerprint density at radius 1 is 1.32 bits per heavy atom. The van der Waals surface area contributed by atoms with Crippen LogP contribution < -0.4 is 11.2 Å². The molecule has 0 amide bonds. The Hall–Kier alpha value is -2.04. The summed E-state index contributed by atoms with van der Waals surface area (Å²) < 4.78 is 4.90. The molecule has 0 spiro atoms. The van der Waals surface area contributed by atoms with E-state index in [2.05, 4.69) is 10.5 Å². The zero-order valence-corrected chi connectivity index (χ0v) is 13.2. The van der Waals surface area contributed by atoms with Crippen LogP contribution in [0.2, 0.25) is 0 Å². The van der Waals surface area contributed by atoms with Crippen LogP contribution in [0.3, 0.4) is 0 Å². The molecule has 0 unspecified atom stereocenters.